The average Bonchev–Trinajstić information content (AvgIpc) is 2.18. The van der Waals surface area contributed by atoms with Crippen LogP contribution in [-0.4, -0.2) is 49.2 Å². The molecule has 4 nitrogen and oxygen atoms in total. The minimum Gasteiger partial charge on any atom is -0.382 e. The van der Waals surface area contributed by atoms with E-state index in [-0.39, 0.29) is 0 Å². The molecular formula is C8H11F6NO3. The van der Waals surface area contributed by atoms with Crippen LogP contribution in [0.15, 0.2) is 0 Å². The molecule has 0 aliphatic rings. The number of aliphatic hydroxyl groups excluding tert-OH is 1. The van der Waals surface area contributed by atoms with Gasteiger partial charge in [0.2, 0.25) is 5.91 Å². The van der Waals surface area contributed by atoms with Crippen LogP contribution in [0.25, 0.3) is 0 Å². The fourth-order valence-electron chi connectivity index (χ4n) is 0.767. The van der Waals surface area contributed by atoms with Gasteiger partial charge in [-0.05, 0) is 0 Å². The lowest BCUT2D eigenvalue weighted by Gasteiger charge is -2.15. The first-order chi connectivity index (χ1) is 8.02. The van der Waals surface area contributed by atoms with Crippen molar-refractivity contribution < 1.29 is 41.0 Å². The molecule has 0 aromatic rings. The molecule has 0 rings (SSSR count). The zero-order valence-electron chi connectivity index (χ0n) is 8.94. The number of ether oxygens (including phenoxy) is 1. The second-order valence-corrected chi connectivity index (χ2v) is 3.28. The third-order valence-corrected chi connectivity index (χ3v) is 1.61. The summed E-state index contributed by atoms with van der Waals surface area (Å²) < 4.78 is 74.2. The fraction of sp³-hybridized carbons (Fsp3) is 0.875. The largest absolute Gasteiger partial charge is 0.416 e. The molecule has 108 valence electrons. The Morgan fingerprint density at radius 2 is 1.78 bits per heavy atom. The third-order valence-electron chi connectivity index (χ3n) is 1.61. The third kappa shape index (κ3) is 9.05. The molecule has 0 saturated heterocycles. The highest BCUT2D eigenvalue weighted by atomic mass is 19.4. The highest BCUT2D eigenvalue weighted by Gasteiger charge is 2.38. The standard InChI is InChI=1S/C8H11F6NO3/c9-7(10,11)4-18-2-1-6(17)15-3-5(16)8(12,13)14/h5,16H,1-4H2,(H,15,17). The molecule has 0 aromatic heterocycles. The van der Waals surface area contributed by atoms with Crippen molar-refractivity contribution >= 4 is 5.91 Å². The monoisotopic (exact) mass is 283 g/mol. The maximum absolute atomic E-state index is 11.8. The summed E-state index contributed by atoms with van der Waals surface area (Å²) in [5.41, 5.74) is 0. The van der Waals surface area contributed by atoms with Gasteiger partial charge in [0.05, 0.1) is 13.2 Å². The molecule has 10 heteroatoms. The molecule has 0 aliphatic carbocycles. The Labute approximate surface area is 97.9 Å². The van der Waals surface area contributed by atoms with E-state index in [9.17, 15) is 31.1 Å². The van der Waals surface area contributed by atoms with Crippen molar-refractivity contribution in [2.45, 2.75) is 24.9 Å². The molecule has 1 amide bonds. The van der Waals surface area contributed by atoms with Crippen molar-refractivity contribution in [2.24, 2.45) is 0 Å². The summed E-state index contributed by atoms with van der Waals surface area (Å²) >= 11 is 0. The lowest BCUT2D eigenvalue weighted by molar-refractivity contribution is -0.202. The number of carbonyl (C=O) groups excluding carboxylic acids is 1. The lowest BCUT2D eigenvalue weighted by Crippen LogP contribution is -2.40. The van der Waals surface area contributed by atoms with Gasteiger partial charge in [-0.3, -0.25) is 4.79 Å². The first-order valence-corrected chi connectivity index (χ1v) is 4.68. The Balaban J connectivity index is 3.67. The predicted octanol–water partition coefficient (Wildman–Crippen LogP) is 0.995. The normalized spacial score (nSPS) is 14.4. The number of hydrogen-bond acceptors (Lipinski definition) is 3. The van der Waals surface area contributed by atoms with Crippen molar-refractivity contribution in [2.75, 3.05) is 19.8 Å². The zero-order valence-corrected chi connectivity index (χ0v) is 8.94. The Bertz CT molecular complexity index is 265. The number of aliphatic hydroxyl groups is 1. The van der Waals surface area contributed by atoms with E-state index >= 15 is 0 Å². The average molecular weight is 283 g/mol. The van der Waals surface area contributed by atoms with Gasteiger partial charge in [-0.15, -0.1) is 0 Å². The molecule has 2 N–H and O–H groups in total. The van der Waals surface area contributed by atoms with Crippen LogP contribution in [0.2, 0.25) is 0 Å². The van der Waals surface area contributed by atoms with Gasteiger partial charge >= 0.3 is 12.4 Å². The van der Waals surface area contributed by atoms with E-state index < -0.39 is 50.5 Å². The van der Waals surface area contributed by atoms with Crippen LogP contribution in [0.4, 0.5) is 26.3 Å². The molecule has 0 saturated carbocycles. The maximum atomic E-state index is 11.8. The summed E-state index contributed by atoms with van der Waals surface area (Å²) in [6.45, 7) is -3.17. The van der Waals surface area contributed by atoms with Crippen LogP contribution in [0.5, 0.6) is 0 Å². The Kier molecular flexibility index (Phi) is 6.39. The quantitative estimate of drug-likeness (QED) is 0.564. The van der Waals surface area contributed by atoms with Gasteiger partial charge in [-0.2, -0.15) is 26.3 Å². The minimum absolute atomic E-state index is 0.527. The van der Waals surface area contributed by atoms with Gasteiger partial charge in [-0.25, -0.2) is 0 Å². The van der Waals surface area contributed by atoms with Crippen molar-refractivity contribution in [1.82, 2.24) is 5.32 Å². The SMILES string of the molecule is O=C(CCOCC(F)(F)F)NCC(O)C(F)(F)F. The summed E-state index contributed by atoms with van der Waals surface area (Å²) in [6, 6.07) is 0. The number of alkyl halides is 6. The topological polar surface area (TPSA) is 58.6 Å². The van der Waals surface area contributed by atoms with Gasteiger partial charge in [0.1, 0.15) is 6.61 Å². The first kappa shape index (κ1) is 17.0. The highest BCUT2D eigenvalue weighted by molar-refractivity contribution is 5.75. The summed E-state index contributed by atoms with van der Waals surface area (Å²) in [5, 5.41) is 10.2. The first-order valence-electron chi connectivity index (χ1n) is 4.68. The molecule has 1 unspecified atom stereocenters. The summed E-state index contributed by atoms with van der Waals surface area (Å²) in [7, 11) is 0. The predicted molar refractivity (Wildman–Crippen MR) is 46.6 cm³/mol. The summed E-state index contributed by atoms with van der Waals surface area (Å²) in [4.78, 5) is 10.8. The molecule has 0 aromatic carbocycles. The number of nitrogens with one attached hydrogen (secondary N) is 1. The van der Waals surface area contributed by atoms with Gasteiger partial charge in [-0.1, -0.05) is 0 Å². The van der Waals surface area contributed by atoms with Gasteiger partial charge in [0.25, 0.3) is 0 Å². The van der Waals surface area contributed by atoms with Gasteiger partial charge in [0.15, 0.2) is 6.10 Å². The Morgan fingerprint density at radius 1 is 1.22 bits per heavy atom. The van der Waals surface area contributed by atoms with Crippen molar-refractivity contribution in [3.05, 3.63) is 0 Å². The molecule has 0 aliphatic heterocycles. The smallest absolute Gasteiger partial charge is 0.382 e. The number of hydrogen-bond donors (Lipinski definition) is 2. The number of halogens is 6. The molecule has 0 heterocycles. The van der Waals surface area contributed by atoms with Crippen molar-refractivity contribution in [3.8, 4) is 0 Å². The lowest BCUT2D eigenvalue weighted by atomic mass is 10.3. The van der Waals surface area contributed by atoms with E-state index in [0.29, 0.717) is 0 Å². The van der Waals surface area contributed by atoms with E-state index in [0.717, 1.165) is 0 Å². The van der Waals surface area contributed by atoms with Crippen LogP contribution in [0.3, 0.4) is 0 Å². The van der Waals surface area contributed by atoms with Crippen LogP contribution in [0, 0.1) is 0 Å². The number of rotatable bonds is 6. The molecule has 18 heavy (non-hydrogen) atoms. The van der Waals surface area contributed by atoms with E-state index in [4.69, 9.17) is 5.11 Å². The summed E-state index contributed by atoms with van der Waals surface area (Å²) in [6.07, 6.45) is -12.6. The maximum Gasteiger partial charge on any atom is 0.416 e. The van der Waals surface area contributed by atoms with Crippen molar-refractivity contribution in [3.63, 3.8) is 0 Å². The van der Waals surface area contributed by atoms with Gasteiger partial charge in [0, 0.05) is 6.42 Å². The van der Waals surface area contributed by atoms with Crippen LogP contribution >= 0.6 is 0 Å². The highest BCUT2D eigenvalue weighted by Crippen LogP contribution is 2.19. The molecule has 0 radical (unpaired) electrons. The van der Waals surface area contributed by atoms with E-state index in [2.05, 4.69) is 4.74 Å². The van der Waals surface area contributed by atoms with E-state index in [1.165, 1.54) is 0 Å². The molecular weight excluding hydrogens is 272 g/mol. The van der Waals surface area contributed by atoms with Gasteiger partial charge < -0.3 is 15.2 Å². The molecule has 0 bridgehead atoms. The fourth-order valence-corrected chi connectivity index (χ4v) is 0.767. The number of amides is 1. The molecule has 0 spiro atoms. The minimum atomic E-state index is -4.86. The van der Waals surface area contributed by atoms with Crippen molar-refractivity contribution in [1.29, 1.82) is 0 Å². The number of carbonyl (C=O) groups is 1. The van der Waals surface area contributed by atoms with Crippen LogP contribution < -0.4 is 5.32 Å². The van der Waals surface area contributed by atoms with Crippen LogP contribution in [-0.2, 0) is 9.53 Å². The molecule has 0 fully saturated rings. The van der Waals surface area contributed by atoms with Crippen LogP contribution in [0.1, 0.15) is 6.42 Å². The summed E-state index contributed by atoms with van der Waals surface area (Å²) in [5.74, 6) is -0.944. The second-order valence-electron chi connectivity index (χ2n) is 3.28. The zero-order chi connectivity index (χ0) is 14.4. The Hall–Kier alpha value is -1.03. The molecule has 1 atom stereocenters. The second kappa shape index (κ2) is 6.78. The van der Waals surface area contributed by atoms with E-state index in [1.54, 1.807) is 5.32 Å². The Morgan fingerprint density at radius 3 is 2.22 bits per heavy atom. The van der Waals surface area contributed by atoms with E-state index in [1.807, 2.05) is 0 Å².